The predicted molar refractivity (Wildman–Crippen MR) is 76.6 cm³/mol. The lowest BCUT2D eigenvalue weighted by Gasteiger charge is -2.17. The Morgan fingerprint density at radius 2 is 1.87 bits per heavy atom. The first-order valence-corrected chi connectivity index (χ1v) is 7.42. The van der Waals surface area contributed by atoms with Crippen LogP contribution < -0.4 is 0 Å². The fourth-order valence-corrected chi connectivity index (χ4v) is 2.64. The van der Waals surface area contributed by atoms with Crippen LogP contribution in [0.1, 0.15) is 49.8 Å². The molecule has 0 saturated carbocycles. The lowest BCUT2D eigenvalue weighted by molar-refractivity contribution is -0.142. The van der Waals surface area contributed by atoms with Crippen LogP contribution in [0.15, 0.2) is 12.1 Å². The maximum Gasteiger partial charge on any atom is 0.420 e. The van der Waals surface area contributed by atoms with E-state index in [1.807, 2.05) is 6.92 Å². The van der Waals surface area contributed by atoms with Crippen LogP contribution in [-0.2, 0) is 11.0 Å². The van der Waals surface area contributed by atoms with E-state index in [1.54, 1.807) is 0 Å². The Labute approximate surface area is 135 Å². The standard InChI is InChI=1S/C15H17ClF4O3/c1-2-3-8(14(22)23)4-5-12(21)9-6-10(16)13(11(17)7-9)15(18,19)20/h6-8,12,21H,2-5H2,1H3,(H,22,23). The molecule has 0 aromatic heterocycles. The summed E-state index contributed by atoms with van der Waals surface area (Å²) < 4.78 is 51.5. The van der Waals surface area contributed by atoms with Gasteiger partial charge in [-0.15, -0.1) is 0 Å². The third-order valence-electron chi connectivity index (χ3n) is 3.51. The van der Waals surface area contributed by atoms with Gasteiger partial charge >= 0.3 is 12.1 Å². The molecule has 0 aliphatic carbocycles. The zero-order valence-electron chi connectivity index (χ0n) is 12.3. The van der Waals surface area contributed by atoms with Crippen molar-refractivity contribution in [3.8, 4) is 0 Å². The first kappa shape index (κ1) is 19.7. The Bertz CT molecular complexity index is 537. The van der Waals surface area contributed by atoms with Gasteiger partial charge in [0.2, 0.25) is 0 Å². The summed E-state index contributed by atoms with van der Waals surface area (Å²) in [5, 5.41) is 18.1. The molecular formula is C15H17ClF4O3. The number of halogens is 5. The number of hydrogen-bond donors (Lipinski definition) is 2. The number of carboxylic acids is 1. The molecule has 1 aromatic carbocycles. The second kappa shape index (κ2) is 7.97. The molecule has 0 amide bonds. The molecule has 8 heteroatoms. The van der Waals surface area contributed by atoms with Gasteiger partial charge in [-0.3, -0.25) is 4.79 Å². The fourth-order valence-electron chi connectivity index (χ4n) is 2.32. The van der Waals surface area contributed by atoms with Crippen molar-refractivity contribution in [2.75, 3.05) is 0 Å². The number of carboxylic acid groups (broad SMARTS) is 1. The number of aliphatic hydroxyl groups excluding tert-OH is 1. The van der Waals surface area contributed by atoms with Crippen LogP contribution in [0.2, 0.25) is 5.02 Å². The van der Waals surface area contributed by atoms with Crippen LogP contribution in [0.5, 0.6) is 0 Å². The predicted octanol–water partition coefficient (Wildman–Crippen LogP) is 4.81. The average Bonchev–Trinajstić information content (AvgIpc) is 2.40. The number of alkyl halides is 3. The van der Waals surface area contributed by atoms with E-state index >= 15 is 0 Å². The summed E-state index contributed by atoms with van der Waals surface area (Å²) in [6.07, 6.45) is -5.04. The molecule has 0 fully saturated rings. The number of benzene rings is 1. The van der Waals surface area contributed by atoms with E-state index in [0.717, 1.165) is 6.07 Å². The van der Waals surface area contributed by atoms with Gasteiger partial charge in [0.05, 0.1) is 17.0 Å². The van der Waals surface area contributed by atoms with Crippen molar-refractivity contribution < 1.29 is 32.6 Å². The summed E-state index contributed by atoms with van der Waals surface area (Å²) >= 11 is 5.46. The van der Waals surface area contributed by atoms with E-state index in [-0.39, 0.29) is 18.4 Å². The quantitative estimate of drug-likeness (QED) is 0.689. The van der Waals surface area contributed by atoms with Crippen molar-refractivity contribution >= 4 is 17.6 Å². The minimum Gasteiger partial charge on any atom is -0.481 e. The van der Waals surface area contributed by atoms with Gasteiger partial charge in [0.25, 0.3) is 0 Å². The maximum absolute atomic E-state index is 13.6. The molecule has 130 valence electrons. The molecule has 0 heterocycles. The van der Waals surface area contributed by atoms with Gasteiger partial charge < -0.3 is 10.2 Å². The summed E-state index contributed by atoms with van der Waals surface area (Å²) in [4.78, 5) is 11.0. The highest BCUT2D eigenvalue weighted by molar-refractivity contribution is 6.31. The molecule has 3 nitrogen and oxygen atoms in total. The summed E-state index contributed by atoms with van der Waals surface area (Å²) in [6, 6.07) is 1.43. The van der Waals surface area contributed by atoms with Crippen LogP contribution in [-0.4, -0.2) is 16.2 Å². The van der Waals surface area contributed by atoms with Gasteiger partial charge in [0.1, 0.15) is 11.4 Å². The van der Waals surface area contributed by atoms with Gasteiger partial charge in [-0.05, 0) is 37.0 Å². The number of rotatable bonds is 7. The van der Waals surface area contributed by atoms with Crippen molar-refractivity contribution in [3.05, 3.63) is 34.1 Å². The van der Waals surface area contributed by atoms with E-state index in [0.29, 0.717) is 18.9 Å². The summed E-state index contributed by atoms with van der Waals surface area (Å²) in [5.74, 6) is -3.23. The lowest BCUT2D eigenvalue weighted by Crippen LogP contribution is -2.15. The Balaban J connectivity index is 2.89. The molecule has 0 bridgehead atoms. The second-order valence-electron chi connectivity index (χ2n) is 5.27. The second-order valence-corrected chi connectivity index (χ2v) is 5.68. The maximum atomic E-state index is 13.6. The molecule has 0 saturated heterocycles. The summed E-state index contributed by atoms with van der Waals surface area (Å²) in [6.45, 7) is 1.82. The SMILES string of the molecule is CCCC(CCC(O)c1cc(F)c(C(F)(F)F)c(Cl)c1)C(=O)O. The third-order valence-corrected chi connectivity index (χ3v) is 3.81. The van der Waals surface area contributed by atoms with Crippen LogP contribution in [0.25, 0.3) is 0 Å². The van der Waals surface area contributed by atoms with E-state index in [2.05, 4.69) is 0 Å². The molecule has 2 N–H and O–H groups in total. The van der Waals surface area contributed by atoms with Crippen LogP contribution in [0.4, 0.5) is 17.6 Å². The van der Waals surface area contributed by atoms with Crippen LogP contribution >= 0.6 is 11.6 Å². The number of aliphatic hydroxyl groups is 1. The molecule has 0 aliphatic heterocycles. The zero-order valence-corrected chi connectivity index (χ0v) is 13.1. The topological polar surface area (TPSA) is 57.5 Å². The molecular weight excluding hydrogens is 340 g/mol. The van der Waals surface area contributed by atoms with Crippen LogP contribution in [0, 0.1) is 11.7 Å². The van der Waals surface area contributed by atoms with Crippen molar-refractivity contribution in [1.82, 2.24) is 0 Å². The molecule has 0 spiro atoms. The van der Waals surface area contributed by atoms with Gasteiger partial charge in [0, 0.05) is 0 Å². The van der Waals surface area contributed by atoms with Crippen molar-refractivity contribution in [2.45, 2.75) is 44.9 Å². The zero-order chi connectivity index (χ0) is 17.8. The normalized spacial score (nSPS) is 14.6. The first-order chi connectivity index (χ1) is 10.6. The largest absolute Gasteiger partial charge is 0.481 e. The van der Waals surface area contributed by atoms with Crippen molar-refractivity contribution in [3.63, 3.8) is 0 Å². The average molecular weight is 357 g/mol. The monoisotopic (exact) mass is 356 g/mol. The van der Waals surface area contributed by atoms with E-state index in [9.17, 15) is 27.5 Å². The van der Waals surface area contributed by atoms with Crippen LogP contribution in [0.3, 0.4) is 0 Å². The minimum atomic E-state index is -4.93. The van der Waals surface area contributed by atoms with Crippen molar-refractivity contribution in [2.24, 2.45) is 5.92 Å². The summed E-state index contributed by atoms with van der Waals surface area (Å²) in [7, 11) is 0. The highest BCUT2D eigenvalue weighted by atomic mass is 35.5. The minimum absolute atomic E-state index is 0.0158. The highest BCUT2D eigenvalue weighted by Crippen LogP contribution is 2.38. The summed E-state index contributed by atoms with van der Waals surface area (Å²) in [5.41, 5.74) is -1.69. The molecule has 0 radical (unpaired) electrons. The van der Waals surface area contributed by atoms with Gasteiger partial charge in [-0.25, -0.2) is 4.39 Å². The number of carbonyl (C=O) groups is 1. The Kier molecular flexibility index (Phi) is 6.83. The van der Waals surface area contributed by atoms with Gasteiger partial charge in [-0.2, -0.15) is 13.2 Å². The highest BCUT2D eigenvalue weighted by Gasteiger charge is 2.37. The molecule has 1 aromatic rings. The Hall–Kier alpha value is -1.34. The van der Waals surface area contributed by atoms with E-state index in [1.165, 1.54) is 0 Å². The van der Waals surface area contributed by atoms with Gasteiger partial charge in [-0.1, -0.05) is 24.9 Å². The third kappa shape index (κ3) is 5.35. The number of hydrogen-bond acceptors (Lipinski definition) is 2. The van der Waals surface area contributed by atoms with Crippen molar-refractivity contribution in [1.29, 1.82) is 0 Å². The van der Waals surface area contributed by atoms with Gasteiger partial charge in [0.15, 0.2) is 0 Å². The smallest absolute Gasteiger partial charge is 0.420 e. The fraction of sp³-hybridized carbons (Fsp3) is 0.533. The Morgan fingerprint density at radius 3 is 2.30 bits per heavy atom. The molecule has 2 atom stereocenters. The molecule has 0 aliphatic rings. The van der Waals surface area contributed by atoms with E-state index < -0.39 is 40.6 Å². The molecule has 23 heavy (non-hydrogen) atoms. The molecule has 1 rings (SSSR count). The lowest BCUT2D eigenvalue weighted by atomic mass is 9.94. The first-order valence-electron chi connectivity index (χ1n) is 7.04. The Morgan fingerprint density at radius 1 is 1.26 bits per heavy atom. The van der Waals surface area contributed by atoms with E-state index in [4.69, 9.17) is 16.7 Å². The molecule has 2 unspecified atom stereocenters. The number of aliphatic carboxylic acids is 1.